The maximum atomic E-state index is 2.35. The Balaban J connectivity index is -0.000000216. The largest absolute Gasteiger partial charge is 0.0882 e. The van der Waals surface area contributed by atoms with E-state index in [9.17, 15) is 0 Å². The fourth-order valence-electron chi connectivity index (χ4n) is 4.88. The third-order valence-corrected chi connectivity index (χ3v) is 6.21. The van der Waals surface area contributed by atoms with Crippen LogP contribution in [0.4, 0.5) is 0 Å². The van der Waals surface area contributed by atoms with Gasteiger partial charge in [-0.3, -0.25) is 0 Å². The quantitative estimate of drug-likeness (QED) is 0.208. The molecule has 0 aliphatic rings. The van der Waals surface area contributed by atoms with Crippen LogP contribution in [0.3, 0.4) is 0 Å². The van der Waals surface area contributed by atoms with Crippen molar-refractivity contribution < 1.29 is 0 Å². The highest BCUT2D eigenvalue weighted by Crippen LogP contribution is 2.19. The van der Waals surface area contributed by atoms with Crippen LogP contribution in [0.15, 0.2) is 46.6 Å². The van der Waals surface area contributed by atoms with Gasteiger partial charge in [-0.2, -0.15) is 0 Å². The van der Waals surface area contributed by atoms with Crippen LogP contribution in [0.2, 0.25) is 0 Å². The normalized spacial score (nSPS) is 13.3. The van der Waals surface area contributed by atoms with Crippen molar-refractivity contribution in [3.63, 3.8) is 0 Å². The van der Waals surface area contributed by atoms with E-state index in [2.05, 4.69) is 163 Å². The van der Waals surface area contributed by atoms with Crippen LogP contribution >= 0.6 is 0 Å². The minimum Gasteiger partial charge on any atom is -0.0882 e. The Labute approximate surface area is 257 Å². The molecule has 0 spiro atoms. The molecule has 0 aromatic carbocycles. The Morgan fingerprint density at radius 1 is 0.400 bits per heavy atom. The van der Waals surface area contributed by atoms with Crippen LogP contribution in [-0.2, 0) is 0 Å². The molecule has 0 heteroatoms. The summed E-state index contributed by atoms with van der Waals surface area (Å²) < 4.78 is 0. The summed E-state index contributed by atoms with van der Waals surface area (Å²) in [5.74, 6) is 6.07. The number of rotatable bonds is 12. The van der Waals surface area contributed by atoms with Crippen molar-refractivity contribution in [3.8, 4) is 0 Å². The first-order valence-corrected chi connectivity index (χ1v) is 16.8. The molecule has 40 heavy (non-hydrogen) atoms. The molecule has 0 saturated carbocycles. The lowest BCUT2D eigenvalue weighted by Gasteiger charge is -2.12. The van der Waals surface area contributed by atoms with Crippen LogP contribution in [-0.4, -0.2) is 0 Å². The molecule has 0 aromatic heterocycles. The number of allylic oxidation sites excluding steroid dienone is 8. The first kappa shape index (κ1) is 45.9. The van der Waals surface area contributed by atoms with E-state index in [4.69, 9.17) is 0 Å². The molecule has 0 radical (unpaired) electrons. The molecule has 0 aliphatic carbocycles. The highest BCUT2D eigenvalue weighted by Gasteiger charge is 2.04. The van der Waals surface area contributed by atoms with E-state index >= 15 is 0 Å². The summed E-state index contributed by atoms with van der Waals surface area (Å²) in [6, 6.07) is 0. The first-order valence-electron chi connectivity index (χ1n) is 16.8. The second-order valence-corrected chi connectivity index (χ2v) is 14.9. The molecule has 0 atom stereocenters. The maximum Gasteiger partial charge on any atom is -0.0260 e. The molecule has 240 valence electrons. The fourth-order valence-corrected chi connectivity index (χ4v) is 4.88. The average molecular weight is 561 g/mol. The molecule has 0 fully saturated rings. The van der Waals surface area contributed by atoms with Crippen molar-refractivity contribution in [2.45, 2.75) is 164 Å². The molecule has 0 nitrogen and oxygen atoms in total. The smallest absolute Gasteiger partial charge is 0.0260 e. The second-order valence-electron chi connectivity index (χ2n) is 14.9. The zero-order valence-electron chi connectivity index (χ0n) is 31.8. The summed E-state index contributed by atoms with van der Waals surface area (Å²) in [5.41, 5.74) is 6.25. The Hall–Kier alpha value is -1.04. The minimum absolute atomic E-state index is 0.707. The van der Waals surface area contributed by atoms with Crippen molar-refractivity contribution in [1.82, 2.24) is 0 Å². The molecule has 0 saturated heterocycles. The van der Waals surface area contributed by atoms with Crippen LogP contribution in [0.5, 0.6) is 0 Å². The molecular weight excluding hydrogens is 480 g/mol. The summed E-state index contributed by atoms with van der Waals surface area (Å²) in [5, 5.41) is 0. The summed E-state index contributed by atoms with van der Waals surface area (Å²) in [6.45, 7) is 44.8. The molecule has 0 rings (SSSR count). The van der Waals surface area contributed by atoms with Gasteiger partial charge in [-0.1, -0.05) is 157 Å². The predicted molar refractivity (Wildman–Crippen MR) is 192 cm³/mol. The summed E-state index contributed by atoms with van der Waals surface area (Å²) in [6.07, 6.45) is 14.2. The highest BCUT2D eigenvalue weighted by molar-refractivity contribution is 5.04. The van der Waals surface area contributed by atoms with Gasteiger partial charge in [-0.15, -0.1) is 0 Å². The van der Waals surface area contributed by atoms with Crippen LogP contribution < -0.4 is 0 Å². The molecule has 0 bridgehead atoms. The number of hydrogen-bond acceptors (Lipinski definition) is 0. The highest BCUT2D eigenvalue weighted by atomic mass is 14.1. The Kier molecular flexibility index (Phi) is 32.3. The zero-order valence-corrected chi connectivity index (χ0v) is 31.8. The topological polar surface area (TPSA) is 0 Å². The van der Waals surface area contributed by atoms with Gasteiger partial charge in [0, 0.05) is 0 Å². The molecule has 0 N–H and O–H groups in total. The standard InChI is InChI=1S/4C10H20/c2*1-8(2)6-10(5)7-9(3)4;2*1-6-10(9(4)5)7-8(2)3/h4*6,8-9H,7H2,1-5H3/b10-6+;10-6-;10-6+;10-6-. The fraction of sp³-hybridized carbons (Fsp3) is 0.800. The maximum absolute atomic E-state index is 2.35. The lowest BCUT2D eigenvalue weighted by atomic mass is 9.94. The third-order valence-electron chi connectivity index (χ3n) is 6.21. The van der Waals surface area contributed by atoms with Gasteiger partial charge in [0.25, 0.3) is 0 Å². The van der Waals surface area contributed by atoms with Gasteiger partial charge in [-0.25, -0.2) is 0 Å². The van der Waals surface area contributed by atoms with Gasteiger partial charge in [0.05, 0.1) is 0 Å². The molecule has 0 aromatic rings. The van der Waals surface area contributed by atoms with Crippen LogP contribution in [0, 0.1) is 47.3 Å². The molecule has 0 unspecified atom stereocenters. The summed E-state index contributed by atoms with van der Waals surface area (Å²) in [7, 11) is 0. The Morgan fingerprint density at radius 2 is 0.625 bits per heavy atom. The third kappa shape index (κ3) is 39.1. The van der Waals surface area contributed by atoms with Crippen molar-refractivity contribution >= 4 is 0 Å². The molecule has 0 aliphatic heterocycles. The van der Waals surface area contributed by atoms with E-state index in [1.54, 1.807) is 11.1 Å². The number of hydrogen-bond donors (Lipinski definition) is 0. The van der Waals surface area contributed by atoms with Crippen LogP contribution in [0.1, 0.15) is 164 Å². The Bertz CT molecular complexity index is 609. The monoisotopic (exact) mass is 561 g/mol. The zero-order chi connectivity index (χ0) is 32.6. The predicted octanol–water partition coefficient (Wildman–Crippen LogP) is 14.5. The van der Waals surface area contributed by atoms with Gasteiger partial charge < -0.3 is 0 Å². The lowest BCUT2D eigenvalue weighted by molar-refractivity contribution is 0.586. The van der Waals surface area contributed by atoms with E-state index in [-0.39, 0.29) is 0 Å². The summed E-state index contributed by atoms with van der Waals surface area (Å²) in [4.78, 5) is 0. The van der Waals surface area contributed by atoms with Gasteiger partial charge in [-0.05, 0) is 101 Å². The van der Waals surface area contributed by atoms with Gasteiger partial charge in [0.2, 0.25) is 0 Å². The van der Waals surface area contributed by atoms with Crippen molar-refractivity contribution in [3.05, 3.63) is 46.6 Å². The van der Waals surface area contributed by atoms with Crippen molar-refractivity contribution in [2.24, 2.45) is 47.3 Å². The average Bonchev–Trinajstić information content (AvgIpc) is 2.74. The SMILES string of the molecule is C/C(=C/C(C)C)CC(C)C.C/C(=C\C(C)C)CC(C)C.C/C=C(/CC(C)C)C(C)C.C/C=C(\CC(C)C)C(C)C. The lowest BCUT2D eigenvalue weighted by Crippen LogP contribution is -1.98. The van der Waals surface area contributed by atoms with E-state index in [1.165, 1.54) is 36.8 Å². The summed E-state index contributed by atoms with van der Waals surface area (Å²) >= 11 is 0. The van der Waals surface area contributed by atoms with E-state index in [1.807, 2.05) is 0 Å². The van der Waals surface area contributed by atoms with E-state index < -0.39 is 0 Å². The van der Waals surface area contributed by atoms with Gasteiger partial charge >= 0.3 is 0 Å². The Morgan fingerprint density at radius 3 is 0.725 bits per heavy atom. The van der Waals surface area contributed by atoms with Gasteiger partial charge in [0.15, 0.2) is 0 Å². The molecule has 0 heterocycles. The van der Waals surface area contributed by atoms with Crippen LogP contribution in [0.25, 0.3) is 0 Å². The van der Waals surface area contributed by atoms with Crippen molar-refractivity contribution in [2.75, 3.05) is 0 Å². The first-order chi connectivity index (χ1) is 18.2. The van der Waals surface area contributed by atoms with Gasteiger partial charge in [0.1, 0.15) is 0 Å². The second kappa shape index (κ2) is 28.1. The van der Waals surface area contributed by atoms with Crippen molar-refractivity contribution in [1.29, 1.82) is 0 Å². The molecule has 0 amide bonds. The van der Waals surface area contributed by atoms with E-state index in [0.29, 0.717) is 11.8 Å². The van der Waals surface area contributed by atoms with E-state index in [0.717, 1.165) is 35.5 Å². The molecular formula is C40H80. The minimum atomic E-state index is 0.707.